The topological polar surface area (TPSA) is 77.1 Å². The van der Waals surface area contributed by atoms with Crippen LogP contribution in [0, 0.1) is 0 Å². The number of ether oxygens (including phenoxy) is 3. The van der Waals surface area contributed by atoms with Gasteiger partial charge in [0, 0.05) is 13.7 Å². The molecule has 1 atom stereocenters. The van der Waals surface area contributed by atoms with Crippen LogP contribution in [0.5, 0.6) is 0 Å². The molecule has 1 N–H and O–H groups in total. The summed E-state index contributed by atoms with van der Waals surface area (Å²) in [5.41, 5.74) is 0. The van der Waals surface area contributed by atoms with E-state index < -0.39 is 12.2 Å². The van der Waals surface area contributed by atoms with Gasteiger partial charge in [-0.25, -0.2) is 9.59 Å². The molecule has 8 nitrogen and oxygen atoms in total. The summed E-state index contributed by atoms with van der Waals surface area (Å²) in [6, 6.07) is 0. The van der Waals surface area contributed by atoms with Crippen LogP contribution in [0.25, 0.3) is 0 Å². The monoisotopic (exact) mass is 542 g/mol. The number of rotatable bonds is 22. The molecule has 0 radical (unpaired) electrons. The lowest BCUT2D eigenvalue weighted by Crippen LogP contribution is -2.56. The zero-order valence-electron chi connectivity index (χ0n) is 25.3. The van der Waals surface area contributed by atoms with Crippen LogP contribution in [-0.2, 0) is 14.2 Å². The van der Waals surface area contributed by atoms with Crippen LogP contribution in [0.3, 0.4) is 0 Å². The third-order valence-electron chi connectivity index (χ3n) is 7.63. The number of hydrogen-bond acceptors (Lipinski definition) is 5. The molecule has 0 aromatic heterocycles. The van der Waals surface area contributed by atoms with E-state index >= 15 is 0 Å². The Morgan fingerprint density at radius 3 is 1.66 bits per heavy atom. The first-order chi connectivity index (χ1) is 18.4. The predicted octanol–water partition coefficient (Wildman–Crippen LogP) is 6.52. The van der Waals surface area contributed by atoms with Crippen molar-refractivity contribution in [2.24, 2.45) is 0 Å². The number of hydrogen-bond donors (Lipinski definition) is 1. The third kappa shape index (κ3) is 18.7. The first-order valence-electron chi connectivity index (χ1n) is 15.5. The number of quaternary nitrogens is 1. The number of methoxy groups -OCH3 is 1. The number of nitrogens with one attached hydrogen (secondary N) is 1. The normalized spacial score (nSPS) is 15.7. The first-order valence-corrected chi connectivity index (χ1v) is 15.5. The fourth-order valence-electron chi connectivity index (χ4n) is 4.71. The summed E-state index contributed by atoms with van der Waals surface area (Å²) in [4.78, 5) is 26.0. The summed E-state index contributed by atoms with van der Waals surface area (Å²) >= 11 is 0. The fourth-order valence-corrected chi connectivity index (χ4v) is 4.71. The molecule has 1 aliphatic rings. The molecule has 1 saturated heterocycles. The summed E-state index contributed by atoms with van der Waals surface area (Å²) in [5, 5.41) is 2.80. The average Bonchev–Trinajstić information content (AvgIpc) is 2.90. The van der Waals surface area contributed by atoms with E-state index in [-0.39, 0.29) is 19.3 Å². The van der Waals surface area contributed by atoms with Crippen LogP contribution in [0.1, 0.15) is 110 Å². The number of carbonyl (C=O) groups excluding carboxylic acids is 2. The van der Waals surface area contributed by atoms with Crippen molar-refractivity contribution in [2.75, 3.05) is 67.1 Å². The van der Waals surface area contributed by atoms with Crippen molar-refractivity contribution < 1.29 is 28.3 Å². The minimum absolute atomic E-state index is 0.0541. The lowest BCUT2D eigenvalue weighted by Gasteiger charge is -2.38. The van der Waals surface area contributed by atoms with Gasteiger partial charge in [0.2, 0.25) is 0 Å². The van der Waals surface area contributed by atoms with E-state index in [1.807, 2.05) is 0 Å². The molecule has 2 amide bonds. The van der Waals surface area contributed by atoms with Gasteiger partial charge in [-0.2, -0.15) is 0 Å². The second-order valence-corrected chi connectivity index (χ2v) is 11.6. The molecular weight excluding hydrogens is 482 g/mol. The number of alkyl carbamates (subject to hydrolysis) is 1. The highest BCUT2D eigenvalue weighted by Gasteiger charge is 2.28. The van der Waals surface area contributed by atoms with Crippen LogP contribution in [0.15, 0.2) is 0 Å². The van der Waals surface area contributed by atoms with E-state index in [4.69, 9.17) is 14.2 Å². The molecule has 0 aromatic carbocycles. The van der Waals surface area contributed by atoms with Crippen molar-refractivity contribution >= 4 is 12.2 Å². The first kappa shape index (κ1) is 34.5. The molecule has 224 valence electrons. The Balaban J connectivity index is 1.90. The van der Waals surface area contributed by atoms with Gasteiger partial charge < -0.3 is 24.0 Å². The van der Waals surface area contributed by atoms with E-state index in [1.165, 1.54) is 97.0 Å². The van der Waals surface area contributed by atoms with Crippen molar-refractivity contribution in [1.82, 2.24) is 10.2 Å². The van der Waals surface area contributed by atoms with Gasteiger partial charge in [0.15, 0.2) is 0 Å². The Morgan fingerprint density at radius 2 is 1.18 bits per heavy atom. The highest BCUT2D eigenvalue weighted by Crippen LogP contribution is 2.14. The van der Waals surface area contributed by atoms with Gasteiger partial charge in [-0.15, -0.1) is 0 Å². The number of nitrogens with zero attached hydrogens (tertiary/aromatic N) is 2. The van der Waals surface area contributed by atoms with E-state index in [0.29, 0.717) is 19.6 Å². The summed E-state index contributed by atoms with van der Waals surface area (Å²) < 4.78 is 16.8. The standard InChI is InChI=1S/C30H59N3O5/c1-5-6-7-8-9-10-11-12-13-14-15-16-17-18-19-20-21-31-29(34)37-26-28(36-4)27-38-30(35)32-22-24-33(2,3)25-23-32/h28H,5-27H2,1-4H3/p+1. The molecule has 1 aliphatic heterocycles. The van der Waals surface area contributed by atoms with Crippen LogP contribution >= 0.6 is 0 Å². The van der Waals surface area contributed by atoms with Crippen molar-refractivity contribution in [1.29, 1.82) is 0 Å². The second-order valence-electron chi connectivity index (χ2n) is 11.6. The smallest absolute Gasteiger partial charge is 0.410 e. The molecule has 0 aliphatic carbocycles. The Labute approximate surface area is 233 Å². The van der Waals surface area contributed by atoms with E-state index in [0.717, 1.165) is 30.4 Å². The van der Waals surface area contributed by atoms with Gasteiger partial charge in [0.25, 0.3) is 0 Å². The molecule has 0 aromatic rings. The molecule has 1 heterocycles. The SMILES string of the molecule is CCCCCCCCCCCCCCCCCCNC(=O)OCC(COC(=O)N1CC[N+](C)(C)CC1)OC. The highest BCUT2D eigenvalue weighted by atomic mass is 16.6. The van der Waals surface area contributed by atoms with Crippen molar-refractivity contribution in [2.45, 2.75) is 116 Å². The Bertz CT molecular complexity index is 592. The van der Waals surface area contributed by atoms with Crippen molar-refractivity contribution in [3.8, 4) is 0 Å². The molecule has 1 unspecified atom stereocenters. The van der Waals surface area contributed by atoms with Crippen LogP contribution in [-0.4, -0.2) is 94.8 Å². The average molecular weight is 543 g/mol. The Morgan fingerprint density at radius 1 is 0.737 bits per heavy atom. The molecule has 1 rings (SSSR count). The zero-order valence-corrected chi connectivity index (χ0v) is 25.3. The van der Waals surface area contributed by atoms with Crippen LogP contribution in [0.2, 0.25) is 0 Å². The number of unbranched alkanes of at least 4 members (excludes halogenated alkanes) is 15. The maximum absolute atomic E-state index is 12.3. The largest absolute Gasteiger partial charge is 0.447 e. The summed E-state index contributed by atoms with van der Waals surface area (Å²) in [7, 11) is 5.84. The predicted molar refractivity (Wildman–Crippen MR) is 154 cm³/mol. The minimum Gasteiger partial charge on any atom is -0.447 e. The van der Waals surface area contributed by atoms with E-state index in [2.05, 4.69) is 26.3 Å². The van der Waals surface area contributed by atoms with Crippen molar-refractivity contribution in [3.63, 3.8) is 0 Å². The molecule has 0 saturated carbocycles. The summed E-state index contributed by atoms with van der Waals surface area (Å²) in [6.45, 7) is 6.19. The quantitative estimate of drug-likeness (QED) is 0.125. The fraction of sp³-hybridized carbons (Fsp3) is 0.933. The Hall–Kier alpha value is -1.54. The van der Waals surface area contributed by atoms with Gasteiger partial charge in [-0.1, -0.05) is 103 Å². The Kier molecular flexibility index (Phi) is 20.2. The lowest BCUT2D eigenvalue weighted by molar-refractivity contribution is -0.894. The van der Waals surface area contributed by atoms with Crippen LogP contribution in [0.4, 0.5) is 9.59 Å². The van der Waals surface area contributed by atoms with Gasteiger partial charge in [-0.05, 0) is 6.42 Å². The maximum Gasteiger partial charge on any atom is 0.410 e. The number of likely N-dealkylation sites (N-methyl/N-ethyl adjacent to an activating group) is 1. The maximum atomic E-state index is 12.3. The molecular formula is C30H60N3O5+. The molecule has 38 heavy (non-hydrogen) atoms. The lowest BCUT2D eigenvalue weighted by atomic mass is 10.0. The van der Waals surface area contributed by atoms with Gasteiger partial charge in [0.1, 0.15) is 19.3 Å². The molecule has 1 fully saturated rings. The zero-order chi connectivity index (χ0) is 27.9. The second kappa shape index (κ2) is 22.3. The van der Waals surface area contributed by atoms with E-state index in [9.17, 15) is 9.59 Å². The number of carbonyl (C=O) groups is 2. The van der Waals surface area contributed by atoms with Gasteiger partial charge in [-0.3, -0.25) is 4.90 Å². The summed E-state index contributed by atoms with van der Waals surface area (Å²) in [5.74, 6) is 0. The highest BCUT2D eigenvalue weighted by molar-refractivity contribution is 5.68. The van der Waals surface area contributed by atoms with Crippen LogP contribution < -0.4 is 5.32 Å². The van der Waals surface area contributed by atoms with Crippen molar-refractivity contribution in [3.05, 3.63) is 0 Å². The van der Waals surface area contributed by atoms with Gasteiger partial charge >= 0.3 is 12.2 Å². The third-order valence-corrected chi connectivity index (χ3v) is 7.63. The number of amides is 2. The molecule has 0 bridgehead atoms. The molecule has 8 heteroatoms. The minimum atomic E-state index is -0.475. The summed E-state index contributed by atoms with van der Waals surface area (Å²) in [6.07, 6.45) is 20.0. The van der Waals surface area contributed by atoms with Gasteiger partial charge in [0.05, 0.1) is 40.3 Å². The molecule has 0 spiro atoms. The number of piperazine rings is 1. The van der Waals surface area contributed by atoms with E-state index in [1.54, 1.807) is 4.90 Å².